The molecule has 0 spiro atoms. The fraction of sp³-hybridized carbons (Fsp3) is 0.357. The molecule has 0 atom stereocenters. The maximum atomic E-state index is 5.45. The molecular formula is C14H16N2O2. The highest BCUT2D eigenvalue weighted by Crippen LogP contribution is 2.31. The zero-order chi connectivity index (χ0) is 12.5. The number of fused-ring (bicyclic) bond motifs is 1. The summed E-state index contributed by atoms with van der Waals surface area (Å²) < 4.78 is 10.7. The Kier molecular flexibility index (Phi) is 2.80. The fourth-order valence-electron chi connectivity index (χ4n) is 2.34. The van der Waals surface area contributed by atoms with E-state index in [9.17, 15) is 0 Å². The predicted molar refractivity (Wildman–Crippen MR) is 68.5 cm³/mol. The van der Waals surface area contributed by atoms with E-state index in [0.717, 1.165) is 42.3 Å². The summed E-state index contributed by atoms with van der Waals surface area (Å²) in [6.07, 6.45) is 0.933. The van der Waals surface area contributed by atoms with Gasteiger partial charge in [0.15, 0.2) is 0 Å². The topological polar surface area (TPSA) is 38.5 Å². The van der Waals surface area contributed by atoms with Gasteiger partial charge in [-0.15, -0.1) is 0 Å². The monoisotopic (exact) mass is 244 g/mol. The maximum Gasteiger partial charge on any atom is 0.143 e. The molecule has 0 N–H and O–H groups in total. The number of aromatic nitrogens is 1. The average Bonchev–Trinajstić information content (AvgIpc) is 2.81. The van der Waals surface area contributed by atoms with Crippen LogP contribution >= 0.6 is 0 Å². The molecule has 0 aliphatic carbocycles. The van der Waals surface area contributed by atoms with Gasteiger partial charge in [0, 0.05) is 30.6 Å². The Labute approximate surface area is 106 Å². The van der Waals surface area contributed by atoms with Gasteiger partial charge in [0.1, 0.15) is 17.2 Å². The Hall–Kier alpha value is -1.81. The first-order chi connectivity index (χ1) is 8.78. The molecule has 0 unspecified atom stereocenters. The third-order valence-electron chi connectivity index (χ3n) is 3.36. The first-order valence-electron chi connectivity index (χ1n) is 6.08. The van der Waals surface area contributed by atoms with Crippen molar-refractivity contribution in [3.05, 3.63) is 35.6 Å². The van der Waals surface area contributed by atoms with Gasteiger partial charge in [0.2, 0.25) is 0 Å². The number of nitrogens with zero attached hydrogens (tertiary/aromatic N) is 2. The first-order valence-corrected chi connectivity index (χ1v) is 6.08. The predicted octanol–water partition coefficient (Wildman–Crippen LogP) is 2.34. The Bertz CT molecular complexity index is 563. The van der Waals surface area contributed by atoms with Crippen molar-refractivity contribution in [1.82, 2.24) is 10.1 Å². The molecule has 0 bridgehead atoms. The van der Waals surface area contributed by atoms with E-state index < -0.39 is 0 Å². The molecule has 4 nitrogen and oxygen atoms in total. The van der Waals surface area contributed by atoms with Gasteiger partial charge < -0.3 is 14.2 Å². The van der Waals surface area contributed by atoms with Crippen LogP contribution in [-0.2, 0) is 13.0 Å². The Balaban J connectivity index is 2.04. The van der Waals surface area contributed by atoms with E-state index in [2.05, 4.69) is 17.1 Å². The van der Waals surface area contributed by atoms with E-state index in [0.29, 0.717) is 0 Å². The van der Waals surface area contributed by atoms with Crippen LogP contribution in [0.2, 0.25) is 0 Å². The minimum absolute atomic E-state index is 0.841. The number of methoxy groups -OCH3 is 1. The van der Waals surface area contributed by atoms with Gasteiger partial charge in [-0.25, -0.2) is 0 Å². The highest BCUT2D eigenvalue weighted by Gasteiger charge is 2.23. The zero-order valence-corrected chi connectivity index (χ0v) is 10.6. The maximum absolute atomic E-state index is 5.45. The lowest BCUT2D eigenvalue weighted by molar-refractivity contribution is 0.281. The minimum Gasteiger partial charge on any atom is -0.497 e. The van der Waals surface area contributed by atoms with Gasteiger partial charge in [-0.3, -0.25) is 0 Å². The summed E-state index contributed by atoms with van der Waals surface area (Å²) in [5.41, 5.74) is 3.20. The van der Waals surface area contributed by atoms with Crippen molar-refractivity contribution in [1.29, 1.82) is 0 Å². The van der Waals surface area contributed by atoms with Crippen molar-refractivity contribution in [2.24, 2.45) is 0 Å². The van der Waals surface area contributed by atoms with Crippen LogP contribution in [0, 0.1) is 0 Å². The van der Waals surface area contributed by atoms with E-state index in [-0.39, 0.29) is 0 Å². The van der Waals surface area contributed by atoms with Crippen LogP contribution in [0.3, 0.4) is 0 Å². The Morgan fingerprint density at radius 1 is 1.39 bits per heavy atom. The summed E-state index contributed by atoms with van der Waals surface area (Å²) in [5, 5.41) is 4.22. The van der Waals surface area contributed by atoms with E-state index in [1.54, 1.807) is 7.11 Å². The third kappa shape index (κ3) is 1.88. The van der Waals surface area contributed by atoms with Crippen LogP contribution in [0.15, 0.2) is 28.8 Å². The number of hydrogen-bond donors (Lipinski definition) is 0. The van der Waals surface area contributed by atoms with Crippen LogP contribution < -0.4 is 4.74 Å². The molecule has 3 rings (SSSR count). The zero-order valence-electron chi connectivity index (χ0n) is 10.6. The van der Waals surface area contributed by atoms with Gasteiger partial charge in [0.05, 0.1) is 7.11 Å². The number of ether oxygens (including phenoxy) is 1. The molecule has 2 aromatic rings. The van der Waals surface area contributed by atoms with Gasteiger partial charge in [0.25, 0.3) is 0 Å². The molecule has 0 fully saturated rings. The van der Waals surface area contributed by atoms with Crippen LogP contribution in [0.25, 0.3) is 11.3 Å². The van der Waals surface area contributed by atoms with Crippen molar-refractivity contribution in [2.45, 2.75) is 13.0 Å². The average molecular weight is 244 g/mol. The molecule has 94 valence electrons. The van der Waals surface area contributed by atoms with Crippen molar-refractivity contribution < 1.29 is 9.26 Å². The standard InChI is InChI=1S/C14H16N2O2/c1-16-7-6-13-12(9-16)14(15-18-13)10-4-3-5-11(8-10)17-2/h3-5,8H,6-7,9H2,1-2H3. The van der Waals surface area contributed by atoms with Gasteiger partial charge >= 0.3 is 0 Å². The molecule has 0 saturated heterocycles. The molecule has 1 aliphatic rings. The van der Waals surface area contributed by atoms with Crippen LogP contribution in [-0.4, -0.2) is 30.8 Å². The summed E-state index contributed by atoms with van der Waals surface area (Å²) in [7, 11) is 3.79. The first kappa shape index (κ1) is 11.3. The summed E-state index contributed by atoms with van der Waals surface area (Å²) >= 11 is 0. The molecule has 18 heavy (non-hydrogen) atoms. The van der Waals surface area contributed by atoms with Gasteiger partial charge in [-0.1, -0.05) is 17.3 Å². The molecular weight excluding hydrogens is 228 g/mol. The van der Waals surface area contributed by atoms with Gasteiger partial charge in [-0.2, -0.15) is 0 Å². The lowest BCUT2D eigenvalue weighted by Crippen LogP contribution is -2.25. The van der Waals surface area contributed by atoms with Crippen LogP contribution in [0.5, 0.6) is 5.75 Å². The molecule has 4 heteroatoms. The summed E-state index contributed by atoms with van der Waals surface area (Å²) in [5.74, 6) is 1.86. The van der Waals surface area contributed by atoms with Crippen molar-refractivity contribution in [3.63, 3.8) is 0 Å². The molecule has 1 aromatic heterocycles. The Morgan fingerprint density at radius 3 is 3.11 bits per heavy atom. The number of rotatable bonds is 2. The summed E-state index contributed by atoms with van der Waals surface area (Å²) in [6.45, 7) is 1.92. The minimum atomic E-state index is 0.841. The lowest BCUT2D eigenvalue weighted by atomic mass is 10.0. The number of hydrogen-bond acceptors (Lipinski definition) is 4. The van der Waals surface area contributed by atoms with Crippen molar-refractivity contribution >= 4 is 0 Å². The number of likely N-dealkylation sites (N-methyl/N-ethyl adjacent to an activating group) is 1. The molecule has 0 amide bonds. The highest BCUT2D eigenvalue weighted by atomic mass is 16.5. The summed E-state index contributed by atoms with van der Waals surface area (Å²) in [4.78, 5) is 2.28. The van der Waals surface area contributed by atoms with Gasteiger partial charge in [-0.05, 0) is 19.2 Å². The fourth-order valence-corrected chi connectivity index (χ4v) is 2.34. The molecule has 2 heterocycles. The Morgan fingerprint density at radius 2 is 2.28 bits per heavy atom. The lowest BCUT2D eigenvalue weighted by Gasteiger charge is -2.21. The quantitative estimate of drug-likeness (QED) is 0.812. The van der Waals surface area contributed by atoms with Crippen LogP contribution in [0.4, 0.5) is 0 Å². The molecule has 0 saturated carbocycles. The third-order valence-corrected chi connectivity index (χ3v) is 3.36. The molecule has 1 aliphatic heterocycles. The SMILES string of the molecule is COc1cccc(-c2noc3c2CN(C)CC3)c1. The second kappa shape index (κ2) is 4.46. The normalized spacial score (nSPS) is 15.4. The van der Waals surface area contributed by atoms with E-state index in [4.69, 9.17) is 9.26 Å². The molecule has 0 radical (unpaired) electrons. The molecule has 1 aromatic carbocycles. The second-order valence-electron chi connectivity index (χ2n) is 4.65. The summed E-state index contributed by atoms with van der Waals surface area (Å²) in [6, 6.07) is 7.94. The number of benzene rings is 1. The highest BCUT2D eigenvalue weighted by molar-refractivity contribution is 5.65. The van der Waals surface area contributed by atoms with Crippen LogP contribution in [0.1, 0.15) is 11.3 Å². The van der Waals surface area contributed by atoms with E-state index >= 15 is 0 Å². The second-order valence-corrected chi connectivity index (χ2v) is 4.65. The van der Waals surface area contributed by atoms with E-state index in [1.807, 2.05) is 24.3 Å². The largest absolute Gasteiger partial charge is 0.497 e. The van der Waals surface area contributed by atoms with Crippen molar-refractivity contribution in [2.75, 3.05) is 20.7 Å². The van der Waals surface area contributed by atoms with E-state index in [1.165, 1.54) is 5.56 Å². The smallest absolute Gasteiger partial charge is 0.143 e. The van der Waals surface area contributed by atoms with Crippen molar-refractivity contribution in [3.8, 4) is 17.0 Å².